The lowest BCUT2D eigenvalue weighted by Gasteiger charge is -2.23. The second kappa shape index (κ2) is 6.38. The highest BCUT2D eigenvalue weighted by Crippen LogP contribution is 2.20. The van der Waals surface area contributed by atoms with Crippen LogP contribution in [0.5, 0.6) is 0 Å². The van der Waals surface area contributed by atoms with Crippen LogP contribution in [0.15, 0.2) is 30.3 Å². The molecule has 1 fully saturated rings. The van der Waals surface area contributed by atoms with Crippen LogP contribution in [0.2, 0.25) is 0 Å². The number of hydrogen-bond donors (Lipinski definition) is 1. The molecule has 1 amide bonds. The molecule has 1 aromatic carbocycles. The lowest BCUT2D eigenvalue weighted by Crippen LogP contribution is -2.45. The first-order valence-corrected chi connectivity index (χ1v) is 6.36. The summed E-state index contributed by atoms with van der Waals surface area (Å²) in [5.74, 6) is -0.633. The average molecular weight is 279 g/mol. The smallest absolute Gasteiger partial charge is 0.410 e. The van der Waals surface area contributed by atoms with Gasteiger partial charge in [0.1, 0.15) is 6.61 Å². The Bertz CT molecular complexity index is 476. The highest BCUT2D eigenvalue weighted by Gasteiger charge is 2.42. The van der Waals surface area contributed by atoms with E-state index in [9.17, 15) is 14.7 Å². The summed E-state index contributed by atoms with van der Waals surface area (Å²) in [4.78, 5) is 24.8. The summed E-state index contributed by atoms with van der Waals surface area (Å²) in [6, 6.07) is 8.26. The molecule has 2 rings (SSSR count). The van der Waals surface area contributed by atoms with E-state index in [4.69, 9.17) is 4.74 Å². The zero-order valence-electron chi connectivity index (χ0n) is 11.2. The Hall–Kier alpha value is -2.08. The van der Waals surface area contributed by atoms with Crippen LogP contribution in [0.3, 0.4) is 0 Å². The normalized spacial score (nSPS) is 21.6. The van der Waals surface area contributed by atoms with Crippen molar-refractivity contribution in [1.82, 2.24) is 4.90 Å². The Kier molecular flexibility index (Phi) is 4.57. The maximum atomic E-state index is 12.0. The third-order valence-corrected chi connectivity index (χ3v) is 3.25. The third kappa shape index (κ3) is 3.08. The van der Waals surface area contributed by atoms with Crippen molar-refractivity contribution in [3.8, 4) is 0 Å². The first-order chi connectivity index (χ1) is 9.63. The van der Waals surface area contributed by atoms with Crippen molar-refractivity contribution in [2.24, 2.45) is 0 Å². The molecule has 0 aliphatic carbocycles. The van der Waals surface area contributed by atoms with Crippen molar-refractivity contribution < 1.29 is 24.2 Å². The Morgan fingerprint density at radius 2 is 2.05 bits per heavy atom. The molecule has 1 aliphatic heterocycles. The zero-order valence-corrected chi connectivity index (χ0v) is 11.2. The number of esters is 1. The number of aliphatic hydroxyl groups is 1. The van der Waals surface area contributed by atoms with Gasteiger partial charge in [0.15, 0.2) is 6.04 Å². The molecule has 1 aromatic rings. The Labute approximate surface area is 116 Å². The number of methoxy groups -OCH3 is 1. The molecule has 1 N–H and O–H groups in total. The molecule has 6 nitrogen and oxygen atoms in total. The van der Waals surface area contributed by atoms with Crippen molar-refractivity contribution in [2.45, 2.75) is 25.2 Å². The van der Waals surface area contributed by atoms with E-state index in [0.29, 0.717) is 6.42 Å². The molecule has 0 radical (unpaired) electrons. The maximum absolute atomic E-state index is 12.0. The minimum atomic E-state index is -0.983. The van der Waals surface area contributed by atoms with Gasteiger partial charge in [0.05, 0.1) is 13.2 Å². The van der Waals surface area contributed by atoms with Gasteiger partial charge in [-0.1, -0.05) is 30.3 Å². The Morgan fingerprint density at radius 1 is 1.35 bits per heavy atom. The molecule has 0 bridgehead atoms. The largest absolute Gasteiger partial charge is 0.467 e. The van der Waals surface area contributed by atoms with Gasteiger partial charge < -0.3 is 14.6 Å². The fourth-order valence-electron chi connectivity index (χ4n) is 2.19. The van der Waals surface area contributed by atoms with Crippen LogP contribution in [0.4, 0.5) is 4.79 Å². The van der Waals surface area contributed by atoms with Crippen LogP contribution < -0.4 is 0 Å². The molecular weight excluding hydrogens is 262 g/mol. The molecule has 0 saturated carbocycles. The average Bonchev–Trinajstić information content (AvgIpc) is 2.87. The van der Waals surface area contributed by atoms with E-state index in [1.54, 1.807) is 0 Å². The molecule has 2 atom stereocenters. The Morgan fingerprint density at radius 3 is 2.70 bits per heavy atom. The number of nitrogens with zero attached hydrogens (tertiary/aromatic N) is 1. The number of aliphatic hydroxyl groups excluding tert-OH is 1. The van der Waals surface area contributed by atoms with Gasteiger partial charge >= 0.3 is 12.1 Å². The van der Waals surface area contributed by atoms with Gasteiger partial charge in [-0.25, -0.2) is 9.59 Å². The topological polar surface area (TPSA) is 76.1 Å². The number of benzene rings is 1. The molecule has 20 heavy (non-hydrogen) atoms. The molecule has 1 heterocycles. The van der Waals surface area contributed by atoms with E-state index >= 15 is 0 Å². The summed E-state index contributed by atoms with van der Waals surface area (Å²) in [7, 11) is 1.22. The second-order valence-corrected chi connectivity index (χ2v) is 4.56. The molecule has 0 spiro atoms. The van der Waals surface area contributed by atoms with Gasteiger partial charge in [0, 0.05) is 6.54 Å². The van der Waals surface area contributed by atoms with Crippen molar-refractivity contribution in [1.29, 1.82) is 0 Å². The lowest BCUT2D eigenvalue weighted by molar-refractivity contribution is -0.148. The summed E-state index contributed by atoms with van der Waals surface area (Å²) in [6.07, 6.45) is -1.20. The molecule has 1 aliphatic rings. The molecule has 1 unspecified atom stereocenters. The molecule has 0 aromatic heterocycles. The fraction of sp³-hybridized carbons (Fsp3) is 0.429. The van der Waals surface area contributed by atoms with E-state index < -0.39 is 24.2 Å². The van der Waals surface area contributed by atoms with Crippen LogP contribution in [-0.2, 0) is 20.9 Å². The maximum Gasteiger partial charge on any atom is 0.410 e. The summed E-state index contributed by atoms with van der Waals surface area (Å²) in [5.41, 5.74) is 0.857. The monoisotopic (exact) mass is 279 g/mol. The standard InChI is InChI=1S/C14H17NO5/c1-19-13(17)12-11(16)7-8-15(12)14(18)20-9-10-5-3-2-4-6-10/h2-6,11-12,16H,7-9H2,1H3/t11?,12-/m0/s1. The predicted molar refractivity (Wildman–Crippen MR) is 69.8 cm³/mol. The summed E-state index contributed by atoms with van der Waals surface area (Å²) < 4.78 is 9.75. The summed E-state index contributed by atoms with van der Waals surface area (Å²) in [5, 5.41) is 9.74. The molecule has 1 saturated heterocycles. The van der Waals surface area contributed by atoms with Crippen molar-refractivity contribution in [3.05, 3.63) is 35.9 Å². The number of hydrogen-bond acceptors (Lipinski definition) is 5. The van der Waals surface area contributed by atoms with E-state index in [0.717, 1.165) is 5.56 Å². The van der Waals surface area contributed by atoms with Crippen LogP contribution in [0.1, 0.15) is 12.0 Å². The number of carbonyl (C=O) groups excluding carboxylic acids is 2. The number of carbonyl (C=O) groups is 2. The highest BCUT2D eigenvalue weighted by molar-refractivity contribution is 5.82. The lowest BCUT2D eigenvalue weighted by atomic mass is 10.2. The van der Waals surface area contributed by atoms with E-state index in [1.165, 1.54) is 12.0 Å². The summed E-state index contributed by atoms with van der Waals surface area (Å²) >= 11 is 0. The minimum absolute atomic E-state index is 0.125. The molecular formula is C14H17NO5. The van der Waals surface area contributed by atoms with Gasteiger partial charge in [0.25, 0.3) is 0 Å². The van der Waals surface area contributed by atoms with Gasteiger partial charge in [-0.05, 0) is 12.0 Å². The third-order valence-electron chi connectivity index (χ3n) is 3.25. The first-order valence-electron chi connectivity index (χ1n) is 6.36. The zero-order chi connectivity index (χ0) is 14.5. The van der Waals surface area contributed by atoms with Gasteiger partial charge in [-0.3, -0.25) is 4.90 Å². The van der Waals surface area contributed by atoms with Crippen molar-refractivity contribution >= 4 is 12.1 Å². The van der Waals surface area contributed by atoms with E-state index in [2.05, 4.69) is 4.74 Å². The van der Waals surface area contributed by atoms with Crippen LogP contribution in [0.25, 0.3) is 0 Å². The van der Waals surface area contributed by atoms with Crippen LogP contribution in [0, 0.1) is 0 Å². The number of likely N-dealkylation sites (tertiary alicyclic amines) is 1. The van der Waals surface area contributed by atoms with E-state index in [-0.39, 0.29) is 13.2 Å². The molecule has 108 valence electrons. The van der Waals surface area contributed by atoms with E-state index in [1.807, 2.05) is 30.3 Å². The van der Waals surface area contributed by atoms with Crippen molar-refractivity contribution in [2.75, 3.05) is 13.7 Å². The second-order valence-electron chi connectivity index (χ2n) is 4.56. The quantitative estimate of drug-likeness (QED) is 0.833. The van der Waals surface area contributed by atoms with Gasteiger partial charge in [-0.2, -0.15) is 0 Å². The van der Waals surface area contributed by atoms with Crippen molar-refractivity contribution in [3.63, 3.8) is 0 Å². The van der Waals surface area contributed by atoms with Crippen LogP contribution in [-0.4, -0.2) is 47.9 Å². The number of amides is 1. The van der Waals surface area contributed by atoms with Crippen LogP contribution >= 0.6 is 0 Å². The number of ether oxygens (including phenoxy) is 2. The fourth-order valence-corrected chi connectivity index (χ4v) is 2.19. The van der Waals surface area contributed by atoms with Gasteiger partial charge in [-0.15, -0.1) is 0 Å². The van der Waals surface area contributed by atoms with Gasteiger partial charge in [0.2, 0.25) is 0 Å². The minimum Gasteiger partial charge on any atom is -0.467 e. The molecule has 6 heteroatoms. The first kappa shape index (κ1) is 14.3. The number of rotatable bonds is 3. The Balaban J connectivity index is 1.96. The predicted octanol–water partition coefficient (Wildman–Crippen LogP) is 0.931. The SMILES string of the molecule is COC(=O)[C@@H]1C(O)CCN1C(=O)OCc1ccccc1. The summed E-state index contributed by atoms with van der Waals surface area (Å²) in [6.45, 7) is 0.398. The highest BCUT2D eigenvalue weighted by atomic mass is 16.6.